The summed E-state index contributed by atoms with van der Waals surface area (Å²) in [4.78, 5) is 22.8. The third kappa shape index (κ3) is 5.25. The molecular weight excluding hydrogens is 306 g/mol. The van der Waals surface area contributed by atoms with E-state index in [9.17, 15) is 9.59 Å². The van der Waals surface area contributed by atoms with Crippen molar-refractivity contribution in [2.45, 2.75) is 59.1 Å². The second kappa shape index (κ2) is 7.69. The van der Waals surface area contributed by atoms with E-state index in [1.165, 1.54) is 6.08 Å². The van der Waals surface area contributed by atoms with Gasteiger partial charge >= 0.3 is 11.9 Å². The molecular formula is C19H27NO4. The third-order valence-electron chi connectivity index (χ3n) is 4.76. The molecule has 5 nitrogen and oxygen atoms in total. The van der Waals surface area contributed by atoms with Crippen molar-refractivity contribution in [1.82, 2.24) is 4.57 Å². The van der Waals surface area contributed by atoms with Crippen LogP contribution in [0.25, 0.3) is 6.08 Å². The van der Waals surface area contributed by atoms with Crippen molar-refractivity contribution in [3.63, 3.8) is 0 Å². The lowest BCUT2D eigenvalue weighted by Crippen LogP contribution is -2.31. The fourth-order valence-electron chi connectivity index (χ4n) is 3.29. The first kappa shape index (κ1) is 18.3. The number of carboxylic acid groups (broad SMARTS) is 1. The van der Waals surface area contributed by atoms with Gasteiger partial charge < -0.3 is 14.4 Å². The summed E-state index contributed by atoms with van der Waals surface area (Å²) in [6.45, 7) is 6.90. The number of esters is 1. The fourth-order valence-corrected chi connectivity index (χ4v) is 3.29. The van der Waals surface area contributed by atoms with E-state index >= 15 is 0 Å². The molecule has 1 aromatic rings. The molecule has 24 heavy (non-hydrogen) atoms. The largest absolute Gasteiger partial charge is 0.478 e. The van der Waals surface area contributed by atoms with Crippen molar-refractivity contribution >= 4 is 18.0 Å². The summed E-state index contributed by atoms with van der Waals surface area (Å²) < 4.78 is 7.30. The predicted molar refractivity (Wildman–Crippen MR) is 92.4 cm³/mol. The van der Waals surface area contributed by atoms with Gasteiger partial charge in [-0.15, -0.1) is 0 Å². The topological polar surface area (TPSA) is 68.5 Å². The second-order valence-electron chi connectivity index (χ2n) is 7.56. The lowest BCUT2D eigenvalue weighted by Gasteiger charge is -2.36. The molecule has 1 aliphatic carbocycles. The first-order chi connectivity index (χ1) is 11.3. The molecule has 1 fully saturated rings. The van der Waals surface area contributed by atoms with E-state index in [-0.39, 0.29) is 18.6 Å². The van der Waals surface area contributed by atoms with Crippen LogP contribution in [-0.2, 0) is 20.9 Å². The van der Waals surface area contributed by atoms with E-state index in [1.54, 1.807) is 22.9 Å². The number of aromatic nitrogens is 1. The standard InChI is InChI=1S/C19H27NO4/c1-19(2,3)14-6-9-16(10-7-14)24-18(23)13-20-12-4-5-15(20)8-11-17(21)22/h4-5,8,11-12,14,16H,6-7,9-10,13H2,1-3H3,(H,21,22)/b11-8+. The number of ether oxygens (including phenoxy) is 1. The molecule has 0 aliphatic heterocycles. The van der Waals surface area contributed by atoms with E-state index in [1.807, 2.05) is 0 Å². The highest BCUT2D eigenvalue weighted by Gasteiger charge is 2.31. The lowest BCUT2D eigenvalue weighted by molar-refractivity contribution is -0.152. The number of hydrogen-bond acceptors (Lipinski definition) is 3. The molecule has 0 spiro atoms. The average molecular weight is 333 g/mol. The summed E-state index contributed by atoms with van der Waals surface area (Å²) in [6, 6.07) is 3.55. The van der Waals surface area contributed by atoms with Gasteiger partial charge in [-0.3, -0.25) is 4.79 Å². The molecule has 1 heterocycles. The number of hydrogen-bond donors (Lipinski definition) is 1. The van der Waals surface area contributed by atoms with Gasteiger partial charge in [-0.1, -0.05) is 20.8 Å². The summed E-state index contributed by atoms with van der Waals surface area (Å²) in [5.41, 5.74) is 0.983. The molecule has 0 unspecified atom stereocenters. The van der Waals surface area contributed by atoms with Crippen LogP contribution < -0.4 is 0 Å². The van der Waals surface area contributed by atoms with Gasteiger partial charge in [0, 0.05) is 18.0 Å². The predicted octanol–water partition coefficient (Wildman–Crippen LogP) is 3.73. The Labute approximate surface area is 143 Å². The van der Waals surface area contributed by atoms with Crippen LogP contribution in [0.1, 0.15) is 52.1 Å². The highest BCUT2D eigenvalue weighted by Crippen LogP contribution is 2.38. The quantitative estimate of drug-likeness (QED) is 0.658. The van der Waals surface area contributed by atoms with Crippen molar-refractivity contribution in [3.05, 3.63) is 30.1 Å². The number of nitrogens with zero attached hydrogens (tertiary/aromatic N) is 1. The summed E-state index contributed by atoms with van der Waals surface area (Å²) in [5.74, 6) is -0.596. The summed E-state index contributed by atoms with van der Waals surface area (Å²) in [7, 11) is 0. The lowest BCUT2D eigenvalue weighted by atomic mass is 9.72. The maximum Gasteiger partial charge on any atom is 0.328 e. The van der Waals surface area contributed by atoms with Crippen molar-refractivity contribution < 1.29 is 19.4 Å². The van der Waals surface area contributed by atoms with E-state index in [0.29, 0.717) is 17.0 Å². The number of carbonyl (C=O) groups is 2. The van der Waals surface area contributed by atoms with Crippen LogP contribution in [0.2, 0.25) is 0 Å². The van der Waals surface area contributed by atoms with Gasteiger partial charge in [0.25, 0.3) is 0 Å². The Bertz CT molecular complexity index is 601. The maximum atomic E-state index is 12.2. The van der Waals surface area contributed by atoms with E-state index in [0.717, 1.165) is 31.8 Å². The van der Waals surface area contributed by atoms with Gasteiger partial charge in [-0.2, -0.15) is 0 Å². The van der Waals surface area contributed by atoms with Crippen LogP contribution in [-0.4, -0.2) is 27.7 Å². The van der Waals surface area contributed by atoms with Crippen LogP contribution in [0.15, 0.2) is 24.4 Å². The minimum Gasteiger partial charge on any atom is -0.478 e. The highest BCUT2D eigenvalue weighted by molar-refractivity contribution is 5.85. The molecule has 1 aliphatic rings. The Kier molecular flexibility index (Phi) is 5.86. The Morgan fingerprint density at radius 2 is 1.96 bits per heavy atom. The molecule has 1 saturated carbocycles. The Morgan fingerprint density at radius 3 is 2.54 bits per heavy atom. The number of carbonyl (C=O) groups excluding carboxylic acids is 1. The van der Waals surface area contributed by atoms with E-state index in [4.69, 9.17) is 9.84 Å². The Balaban J connectivity index is 1.85. The van der Waals surface area contributed by atoms with Crippen LogP contribution in [0.3, 0.4) is 0 Å². The second-order valence-corrected chi connectivity index (χ2v) is 7.56. The Morgan fingerprint density at radius 1 is 1.29 bits per heavy atom. The van der Waals surface area contributed by atoms with E-state index < -0.39 is 5.97 Å². The fraction of sp³-hybridized carbons (Fsp3) is 0.579. The van der Waals surface area contributed by atoms with Crippen LogP contribution in [0, 0.1) is 11.3 Å². The molecule has 0 aromatic carbocycles. The minimum atomic E-state index is -1.01. The summed E-state index contributed by atoms with van der Waals surface area (Å²) in [6.07, 6.45) is 8.32. The van der Waals surface area contributed by atoms with Gasteiger partial charge in [0.2, 0.25) is 0 Å². The Hall–Kier alpha value is -2.04. The number of carboxylic acids is 1. The van der Waals surface area contributed by atoms with E-state index in [2.05, 4.69) is 20.8 Å². The van der Waals surface area contributed by atoms with Crippen LogP contribution in [0.4, 0.5) is 0 Å². The molecule has 0 bridgehead atoms. The average Bonchev–Trinajstić information content (AvgIpc) is 2.91. The summed E-state index contributed by atoms with van der Waals surface area (Å²) >= 11 is 0. The van der Waals surface area contributed by atoms with Crippen molar-refractivity contribution in [2.24, 2.45) is 11.3 Å². The van der Waals surface area contributed by atoms with Gasteiger partial charge in [0.15, 0.2) is 0 Å². The first-order valence-corrected chi connectivity index (χ1v) is 8.51. The van der Waals surface area contributed by atoms with Crippen LogP contribution >= 0.6 is 0 Å². The molecule has 1 aromatic heterocycles. The maximum absolute atomic E-state index is 12.2. The molecule has 0 radical (unpaired) electrons. The SMILES string of the molecule is CC(C)(C)C1CCC(OC(=O)Cn2cccc2/C=C/C(=O)O)CC1. The number of rotatable bonds is 5. The molecule has 0 amide bonds. The first-order valence-electron chi connectivity index (χ1n) is 8.51. The molecule has 132 valence electrons. The normalized spacial score (nSPS) is 21.8. The summed E-state index contributed by atoms with van der Waals surface area (Å²) in [5, 5.41) is 8.69. The zero-order chi connectivity index (χ0) is 17.7. The van der Waals surface area contributed by atoms with Gasteiger partial charge in [-0.05, 0) is 55.2 Å². The molecule has 0 saturated heterocycles. The smallest absolute Gasteiger partial charge is 0.328 e. The molecule has 0 atom stereocenters. The van der Waals surface area contributed by atoms with Crippen molar-refractivity contribution in [3.8, 4) is 0 Å². The minimum absolute atomic E-state index is 0.00433. The van der Waals surface area contributed by atoms with Crippen molar-refractivity contribution in [2.75, 3.05) is 0 Å². The van der Waals surface area contributed by atoms with Crippen molar-refractivity contribution in [1.29, 1.82) is 0 Å². The monoisotopic (exact) mass is 333 g/mol. The molecule has 2 rings (SSSR count). The number of aliphatic carboxylic acids is 1. The zero-order valence-electron chi connectivity index (χ0n) is 14.7. The highest BCUT2D eigenvalue weighted by atomic mass is 16.5. The third-order valence-corrected chi connectivity index (χ3v) is 4.76. The van der Waals surface area contributed by atoms with Gasteiger partial charge in [-0.25, -0.2) is 4.79 Å². The zero-order valence-corrected chi connectivity index (χ0v) is 14.7. The molecule has 1 N–H and O–H groups in total. The van der Waals surface area contributed by atoms with Gasteiger partial charge in [0.1, 0.15) is 12.6 Å². The van der Waals surface area contributed by atoms with Gasteiger partial charge in [0.05, 0.1) is 0 Å². The molecule has 5 heteroatoms. The van der Waals surface area contributed by atoms with Crippen LogP contribution in [0.5, 0.6) is 0 Å².